The molecule has 0 spiro atoms. The van der Waals surface area contributed by atoms with Gasteiger partial charge in [0.2, 0.25) is 0 Å². The number of hydrogen-bond donors (Lipinski definition) is 3. The summed E-state index contributed by atoms with van der Waals surface area (Å²) in [6, 6.07) is 2.57. The van der Waals surface area contributed by atoms with Crippen LogP contribution in [0.1, 0.15) is 46.4 Å². The Balaban J connectivity index is 1.57. The van der Waals surface area contributed by atoms with E-state index in [1.165, 1.54) is 18.6 Å². The Hall–Kier alpha value is -3.03. The van der Waals surface area contributed by atoms with Crippen molar-refractivity contribution in [1.82, 2.24) is 20.6 Å². The maximum absolute atomic E-state index is 13.2. The molecule has 2 aromatic heterocycles. The van der Waals surface area contributed by atoms with Crippen LogP contribution in [-0.4, -0.2) is 33.9 Å². The van der Waals surface area contributed by atoms with E-state index in [2.05, 4.69) is 20.6 Å². The number of carbonyl (C=O) groups is 2. The van der Waals surface area contributed by atoms with Gasteiger partial charge in [-0.3, -0.25) is 19.6 Å². The molecule has 1 aliphatic carbocycles. The number of nitrogens with two attached hydrogens (primary N) is 1. The molecule has 3 rings (SSSR count). The predicted octanol–water partition coefficient (Wildman–Crippen LogP) is 1.67. The van der Waals surface area contributed by atoms with Crippen molar-refractivity contribution in [3.05, 3.63) is 53.9 Å². The van der Waals surface area contributed by atoms with Gasteiger partial charge in [-0.15, -0.1) is 0 Å². The fraction of sp³-hybridized carbons (Fsp3) is 0.333. The number of aromatic nitrogens is 2. The van der Waals surface area contributed by atoms with Crippen molar-refractivity contribution in [1.29, 1.82) is 0 Å². The molecule has 0 radical (unpaired) electrons. The van der Waals surface area contributed by atoms with Gasteiger partial charge in [-0.2, -0.15) is 0 Å². The van der Waals surface area contributed by atoms with Gasteiger partial charge in [0, 0.05) is 30.7 Å². The quantitative estimate of drug-likeness (QED) is 0.771. The van der Waals surface area contributed by atoms with E-state index < -0.39 is 5.82 Å². The van der Waals surface area contributed by atoms with Crippen LogP contribution in [0, 0.1) is 5.82 Å². The third-order valence-corrected chi connectivity index (χ3v) is 4.33. The Bertz CT molecular complexity index is 748. The lowest BCUT2D eigenvalue weighted by molar-refractivity contribution is 0.0902. The molecule has 0 aromatic carbocycles. The van der Waals surface area contributed by atoms with Gasteiger partial charge in [-0.25, -0.2) is 4.39 Å². The molecule has 0 aliphatic heterocycles. The number of amides is 2. The second-order valence-corrected chi connectivity index (χ2v) is 6.41. The highest BCUT2D eigenvalue weighted by Crippen LogP contribution is 2.20. The van der Waals surface area contributed by atoms with Crippen LogP contribution in [-0.2, 0) is 0 Å². The summed E-state index contributed by atoms with van der Waals surface area (Å²) >= 11 is 0. The van der Waals surface area contributed by atoms with Gasteiger partial charge in [-0.1, -0.05) is 0 Å². The Morgan fingerprint density at radius 2 is 1.54 bits per heavy atom. The van der Waals surface area contributed by atoms with Gasteiger partial charge < -0.3 is 16.4 Å². The number of hydrogen-bond acceptors (Lipinski definition) is 5. The molecule has 2 unspecified atom stereocenters. The van der Waals surface area contributed by atoms with Crippen molar-refractivity contribution in [2.24, 2.45) is 0 Å². The topological polar surface area (TPSA) is 110 Å². The van der Waals surface area contributed by atoms with E-state index in [9.17, 15) is 14.0 Å². The summed E-state index contributed by atoms with van der Waals surface area (Å²) in [6.07, 6.45) is 8.43. The second kappa shape index (κ2) is 7.90. The zero-order chi connectivity index (χ0) is 18.5. The lowest BCUT2D eigenvalue weighted by Gasteiger charge is -2.30. The summed E-state index contributed by atoms with van der Waals surface area (Å²) in [7, 11) is 0. The molecule has 8 heteroatoms. The molecule has 2 heterocycles. The zero-order valence-electron chi connectivity index (χ0n) is 14.1. The van der Waals surface area contributed by atoms with Crippen LogP contribution in [0.5, 0.6) is 0 Å². The van der Waals surface area contributed by atoms with E-state index in [0.29, 0.717) is 17.7 Å². The summed E-state index contributed by atoms with van der Waals surface area (Å²) in [4.78, 5) is 32.1. The highest BCUT2D eigenvalue weighted by molar-refractivity contribution is 5.95. The third-order valence-electron chi connectivity index (χ3n) is 4.33. The molecule has 0 saturated heterocycles. The lowest BCUT2D eigenvalue weighted by atomic mass is 9.90. The number of nitrogens with one attached hydrogen (secondary N) is 2. The fourth-order valence-corrected chi connectivity index (χ4v) is 3.11. The maximum Gasteiger partial charge on any atom is 0.253 e. The van der Waals surface area contributed by atoms with Gasteiger partial charge in [0.15, 0.2) is 0 Å². The molecule has 7 nitrogen and oxygen atoms in total. The number of nitrogens with zero attached hydrogens (tertiary/aromatic N) is 2. The monoisotopic (exact) mass is 357 g/mol. The number of anilines is 1. The molecule has 0 bridgehead atoms. The zero-order valence-corrected chi connectivity index (χ0v) is 14.1. The Morgan fingerprint density at radius 1 is 0.962 bits per heavy atom. The van der Waals surface area contributed by atoms with Crippen molar-refractivity contribution in [3.8, 4) is 0 Å². The number of pyridine rings is 2. The smallest absolute Gasteiger partial charge is 0.253 e. The van der Waals surface area contributed by atoms with E-state index in [1.807, 2.05) is 0 Å². The van der Waals surface area contributed by atoms with Crippen molar-refractivity contribution in [3.63, 3.8) is 0 Å². The average Bonchev–Trinajstić information content (AvgIpc) is 2.62. The first-order chi connectivity index (χ1) is 12.5. The summed E-state index contributed by atoms with van der Waals surface area (Å²) < 4.78 is 13.2. The standard InChI is InChI=1S/C18H20FN5O2/c19-13-4-11(7-21-9-13)17(25)23-15-2-1-3-16(6-15)24-18(26)12-5-14(20)10-22-8-12/h4-5,7-10,15-16H,1-3,6,20H2,(H,23,25)(H,24,26). The molecule has 2 aromatic rings. The van der Waals surface area contributed by atoms with Crippen molar-refractivity contribution >= 4 is 17.5 Å². The Kier molecular flexibility index (Phi) is 5.40. The number of halogens is 1. The number of nitrogen functional groups attached to an aromatic ring is 1. The minimum absolute atomic E-state index is 0.0615. The van der Waals surface area contributed by atoms with Gasteiger partial charge in [0.25, 0.3) is 11.8 Å². The van der Waals surface area contributed by atoms with Crippen LogP contribution in [0.15, 0.2) is 36.9 Å². The average molecular weight is 357 g/mol. The summed E-state index contributed by atoms with van der Waals surface area (Å²) in [5.74, 6) is -1.16. The minimum atomic E-state index is -0.554. The van der Waals surface area contributed by atoms with Crippen LogP contribution < -0.4 is 16.4 Å². The van der Waals surface area contributed by atoms with Crippen molar-refractivity contribution < 1.29 is 14.0 Å². The normalized spacial score (nSPS) is 19.6. The lowest BCUT2D eigenvalue weighted by Crippen LogP contribution is -2.45. The van der Waals surface area contributed by atoms with E-state index in [0.717, 1.165) is 31.5 Å². The first kappa shape index (κ1) is 17.8. The summed E-state index contributed by atoms with van der Waals surface area (Å²) in [5.41, 5.74) is 6.66. The van der Waals surface area contributed by atoms with Gasteiger partial charge in [-0.05, 0) is 37.8 Å². The van der Waals surface area contributed by atoms with Crippen LogP contribution >= 0.6 is 0 Å². The van der Waals surface area contributed by atoms with Gasteiger partial charge in [0.05, 0.1) is 23.0 Å². The summed E-state index contributed by atoms with van der Waals surface area (Å²) in [6.45, 7) is 0. The molecular formula is C18H20FN5O2. The third kappa shape index (κ3) is 4.53. The molecule has 1 saturated carbocycles. The predicted molar refractivity (Wildman–Crippen MR) is 93.8 cm³/mol. The first-order valence-electron chi connectivity index (χ1n) is 8.44. The van der Waals surface area contributed by atoms with E-state index >= 15 is 0 Å². The van der Waals surface area contributed by atoms with E-state index in [1.54, 1.807) is 6.07 Å². The molecule has 2 atom stereocenters. The number of carbonyl (C=O) groups excluding carboxylic acids is 2. The molecule has 1 aliphatic rings. The molecular weight excluding hydrogens is 337 g/mol. The largest absolute Gasteiger partial charge is 0.397 e. The van der Waals surface area contributed by atoms with Crippen LogP contribution in [0.3, 0.4) is 0 Å². The van der Waals surface area contributed by atoms with Crippen molar-refractivity contribution in [2.75, 3.05) is 5.73 Å². The fourth-order valence-electron chi connectivity index (χ4n) is 3.11. The Morgan fingerprint density at radius 3 is 2.12 bits per heavy atom. The van der Waals surface area contributed by atoms with Crippen LogP contribution in [0.4, 0.5) is 10.1 Å². The molecule has 2 amide bonds. The van der Waals surface area contributed by atoms with Crippen molar-refractivity contribution in [2.45, 2.75) is 37.8 Å². The van der Waals surface area contributed by atoms with Crippen LogP contribution in [0.2, 0.25) is 0 Å². The highest BCUT2D eigenvalue weighted by atomic mass is 19.1. The molecule has 136 valence electrons. The van der Waals surface area contributed by atoms with Gasteiger partial charge >= 0.3 is 0 Å². The number of rotatable bonds is 4. The Labute approximate surface area is 150 Å². The molecule has 1 fully saturated rings. The first-order valence-corrected chi connectivity index (χ1v) is 8.44. The molecule has 4 N–H and O–H groups in total. The van der Waals surface area contributed by atoms with Crippen LogP contribution in [0.25, 0.3) is 0 Å². The molecule has 26 heavy (non-hydrogen) atoms. The van der Waals surface area contributed by atoms with E-state index in [-0.39, 0.29) is 29.5 Å². The highest BCUT2D eigenvalue weighted by Gasteiger charge is 2.25. The minimum Gasteiger partial charge on any atom is -0.397 e. The maximum atomic E-state index is 13.2. The van der Waals surface area contributed by atoms with E-state index in [4.69, 9.17) is 5.73 Å². The second-order valence-electron chi connectivity index (χ2n) is 6.41. The SMILES string of the molecule is Nc1cncc(C(=O)NC2CCCC(NC(=O)c3cncc(F)c3)C2)c1. The summed E-state index contributed by atoms with van der Waals surface area (Å²) in [5, 5.41) is 5.84. The van der Waals surface area contributed by atoms with Gasteiger partial charge in [0.1, 0.15) is 5.82 Å².